The molecule has 2 rings (SSSR count). The van der Waals surface area contributed by atoms with Gasteiger partial charge in [0.2, 0.25) is 0 Å². The molecule has 0 aliphatic carbocycles. The van der Waals surface area contributed by atoms with Crippen LogP contribution >= 0.6 is 0 Å². The quantitative estimate of drug-likeness (QED) is 0.838. The Morgan fingerprint density at radius 2 is 2.05 bits per heavy atom. The molecule has 19 heavy (non-hydrogen) atoms. The predicted molar refractivity (Wildman–Crippen MR) is 61.9 cm³/mol. The Bertz CT molecular complexity index is 655. The van der Waals surface area contributed by atoms with E-state index < -0.39 is 17.4 Å². The SMILES string of the molecule is [CH]n1c(CC)nn(-c2cccc(C(F)(F)F)c2)c1=O. The standard InChI is InChI=1S/C12H10F3N3O/c1-3-10-16-18(11(19)17(10)2)9-6-4-5-8(7-9)12(13,14)15/h2,4-7H,3H2,1H3. The molecule has 7 heteroatoms. The molecule has 1 aromatic carbocycles. The fourth-order valence-corrected chi connectivity index (χ4v) is 1.64. The summed E-state index contributed by atoms with van der Waals surface area (Å²) in [7, 11) is 5.47. The van der Waals surface area contributed by atoms with Crippen LogP contribution < -0.4 is 5.69 Å². The lowest BCUT2D eigenvalue weighted by Gasteiger charge is -2.07. The van der Waals surface area contributed by atoms with Crippen molar-refractivity contribution in [1.29, 1.82) is 0 Å². The number of halogens is 3. The van der Waals surface area contributed by atoms with E-state index in [1.807, 2.05) is 0 Å². The largest absolute Gasteiger partial charge is 0.416 e. The third kappa shape index (κ3) is 2.40. The molecule has 0 spiro atoms. The van der Waals surface area contributed by atoms with Crippen molar-refractivity contribution in [2.45, 2.75) is 19.5 Å². The second-order valence-corrected chi connectivity index (χ2v) is 3.88. The van der Waals surface area contributed by atoms with Crippen LogP contribution in [0.5, 0.6) is 0 Å². The third-order valence-corrected chi connectivity index (χ3v) is 2.62. The first kappa shape index (κ1) is 13.4. The van der Waals surface area contributed by atoms with E-state index in [1.54, 1.807) is 6.92 Å². The first-order chi connectivity index (χ1) is 8.84. The van der Waals surface area contributed by atoms with Gasteiger partial charge in [0.15, 0.2) is 0 Å². The number of aryl methyl sites for hydroxylation is 1. The zero-order valence-electron chi connectivity index (χ0n) is 9.98. The molecule has 2 aromatic rings. The van der Waals surface area contributed by atoms with Gasteiger partial charge in [0.25, 0.3) is 0 Å². The van der Waals surface area contributed by atoms with Crippen LogP contribution in [-0.2, 0) is 12.6 Å². The average Bonchev–Trinajstić information content (AvgIpc) is 2.65. The Morgan fingerprint density at radius 3 is 2.58 bits per heavy atom. The summed E-state index contributed by atoms with van der Waals surface area (Å²) in [5.41, 5.74) is -1.50. The van der Waals surface area contributed by atoms with Gasteiger partial charge in [-0.2, -0.15) is 17.9 Å². The monoisotopic (exact) mass is 269 g/mol. The molecule has 0 saturated heterocycles. The fourth-order valence-electron chi connectivity index (χ4n) is 1.64. The van der Waals surface area contributed by atoms with Crippen molar-refractivity contribution in [3.05, 3.63) is 53.2 Å². The number of benzene rings is 1. The van der Waals surface area contributed by atoms with Crippen LogP contribution in [0, 0.1) is 7.05 Å². The van der Waals surface area contributed by atoms with Crippen LogP contribution in [0.15, 0.2) is 29.1 Å². The van der Waals surface area contributed by atoms with Gasteiger partial charge in [-0.1, -0.05) is 13.0 Å². The molecule has 0 fully saturated rings. The van der Waals surface area contributed by atoms with Crippen molar-refractivity contribution in [2.75, 3.05) is 0 Å². The number of alkyl halides is 3. The van der Waals surface area contributed by atoms with Gasteiger partial charge in [-0.25, -0.2) is 4.79 Å². The minimum atomic E-state index is -4.47. The Kier molecular flexibility index (Phi) is 3.21. The Balaban J connectivity index is 2.57. The number of hydrogen-bond acceptors (Lipinski definition) is 2. The maximum atomic E-state index is 12.6. The van der Waals surface area contributed by atoms with Crippen molar-refractivity contribution in [3.63, 3.8) is 0 Å². The van der Waals surface area contributed by atoms with Crippen molar-refractivity contribution in [1.82, 2.24) is 14.3 Å². The molecule has 0 aliphatic rings. The van der Waals surface area contributed by atoms with Gasteiger partial charge in [-0.05, 0) is 18.2 Å². The highest BCUT2D eigenvalue weighted by Crippen LogP contribution is 2.29. The van der Waals surface area contributed by atoms with E-state index in [4.69, 9.17) is 7.05 Å². The molecule has 0 N–H and O–H groups in total. The molecule has 1 heterocycles. The van der Waals surface area contributed by atoms with Gasteiger partial charge in [0.1, 0.15) is 5.82 Å². The van der Waals surface area contributed by atoms with Crippen LogP contribution in [-0.4, -0.2) is 14.3 Å². The van der Waals surface area contributed by atoms with E-state index in [0.717, 1.165) is 21.4 Å². The summed E-state index contributed by atoms with van der Waals surface area (Å²) in [6.07, 6.45) is -4.07. The highest BCUT2D eigenvalue weighted by atomic mass is 19.4. The molecule has 1 aromatic heterocycles. The summed E-state index contributed by atoms with van der Waals surface area (Å²) < 4.78 is 39.5. The van der Waals surface area contributed by atoms with Crippen molar-refractivity contribution in [3.8, 4) is 5.69 Å². The average molecular weight is 269 g/mol. The van der Waals surface area contributed by atoms with Crippen LogP contribution in [0.4, 0.5) is 13.2 Å². The predicted octanol–water partition coefficient (Wildman–Crippen LogP) is 2.13. The van der Waals surface area contributed by atoms with Gasteiger partial charge >= 0.3 is 11.9 Å². The summed E-state index contributed by atoms with van der Waals surface area (Å²) in [6, 6.07) is 4.36. The minimum absolute atomic E-state index is 0.0266. The molecule has 4 nitrogen and oxygen atoms in total. The molecule has 0 bridgehead atoms. The third-order valence-electron chi connectivity index (χ3n) is 2.62. The van der Waals surface area contributed by atoms with E-state index >= 15 is 0 Å². The van der Waals surface area contributed by atoms with Gasteiger partial charge in [0, 0.05) is 6.42 Å². The molecular weight excluding hydrogens is 259 g/mol. The number of hydrogen-bond donors (Lipinski definition) is 0. The lowest BCUT2D eigenvalue weighted by molar-refractivity contribution is -0.137. The second kappa shape index (κ2) is 4.56. The molecule has 0 aliphatic heterocycles. The smallest absolute Gasteiger partial charge is 0.271 e. The highest BCUT2D eigenvalue weighted by molar-refractivity contribution is 5.36. The maximum Gasteiger partial charge on any atom is 0.416 e. The molecule has 2 radical (unpaired) electrons. The van der Waals surface area contributed by atoms with E-state index in [0.29, 0.717) is 12.2 Å². The molecule has 0 saturated carbocycles. The summed E-state index contributed by atoms with van der Waals surface area (Å²) >= 11 is 0. The van der Waals surface area contributed by atoms with Crippen LogP contribution in [0.3, 0.4) is 0 Å². The molecule has 0 amide bonds. The molecular formula is C12H10F3N3O. The van der Waals surface area contributed by atoms with Crippen LogP contribution in [0.1, 0.15) is 18.3 Å². The van der Waals surface area contributed by atoms with Gasteiger partial charge in [-0.3, -0.25) is 4.57 Å². The van der Waals surface area contributed by atoms with Crippen molar-refractivity contribution in [2.24, 2.45) is 0 Å². The van der Waals surface area contributed by atoms with Gasteiger partial charge in [-0.15, -0.1) is 5.10 Å². The van der Waals surface area contributed by atoms with Gasteiger partial charge < -0.3 is 0 Å². The summed E-state index contributed by atoms with van der Waals surface area (Å²) in [4.78, 5) is 11.8. The maximum absolute atomic E-state index is 12.6. The topological polar surface area (TPSA) is 39.8 Å². The second-order valence-electron chi connectivity index (χ2n) is 3.88. The van der Waals surface area contributed by atoms with E-state index in [1.165, 1.54) is 12.1 Å². The first-order valence-corrected chi connectivity index (χ1v) is 5.48. The Morgan fingerprint density at radius 1 is 1.37 bits per heavy atom. The lowest BCUT2D eigenvalue weighted by atomic mass is 10.2. The zero-order valence-corrected chi connectivity index (χ0v) is 9.98. The number of nitrogens with zero attached hydrogens (tertiary/aromatic N) is 3. The van der Waals surface area contributed by atoms with Crippen molar-refractivity contribution >= 4 is 0 Å². The van der Waals surface area contributed by atoms with E-state index in [-0.39, 0.29) is 5.69 Å². The number of aromatic nitrogens is 3. The summed E-state index contributed by atoms with van der Waals surface area (Å²) in [5, 5.41) is 3.90. The van der Waals surface area contributed by atoms with Crippen LogP contribution in [0.25, 0.3) is 5.69 Å². The Labute approximate surface area is 107 Å². The number of rotatable bonds is 2. The van der Waals surface area contributed by atoms with E-state index in [9.17, 15) is 18.0 Å². The normalized spacial score (nSPS) is 11.8. The fraction of sp³-hybridized carbons (Fsp3) is 0.250. The highest BCUT2D eigenvalue weighted by Gasteiger charge is 2.30. The summed E-state index contributed by atoms with van der Waals surface area (Å²) in [6.45, 7) is 1.74. The zero-order chi connectivity index (χ0) is 14.2. The van der Waals surface area contributed by atoms with Gasteiger partial charge in [0.05, 0.1) is 18.3 Å². The minimum Gasteiger partial charge on any atom is -0.271 e. The Hall–Kier alpha value is -2.05. The summed E-state index contributed by atoms with van der Waals surface area (Å²) in [5.74, 6) is 0.294. The van der Waals surface area contributed by atoms with Crippen molar-refractivity contribution < 1.29 is 13.2 Å². The van der Waals surface area contributed by atoms with Crippen LogP contribution in [0.2, 0.25) is 0 Å². The molecule has 100 valence electrons. The van der Waals surface area contributed by atoms with E-state index in [2.05, 4.69) is 5.10 Å². The molecule has 0 unspecified atom stereocenters. The first-order valence-electron chi connectivity index (χ1n) is 5.48. The lowest BCUT2D eigenvalue weighted by Crippen LogP contribution is -2.21. The molecule has 0 atom stereocenters.